The Morgan fingerprint density at radius 1 is 0.969 bits per heavy atom. The van der Waals surface area contributed by atoms with E-state index in [1.807, 2.05) is 55.5 Å². The molecule has 3 N–H and O–H groups in total. The topological polar surface area (TPSA) is 192 Å². The van der Waals surface area contributed by atoms with Crippen LogP contribution in [0.25, 0.3) is 10.8 Å². The number of oxime groups is 1. The van der Waals surface area contributed by atoms with Crippen molar-refractivity contribution in [3.05, 3.63) is 130 Å². The van der Waals surface area contributed by atoms with Crippen LogP contribution in [0.4, 0.5) is 15.3 Å². The molecule has 1 aliphatic heterocycles. The molecule has 15 nitrogen and oxygen atoms in total. The molecule has 65 heavy (non-hydrogen) atoms. The van der Waals surface area contributed by atoms with Crippen LogP contribution in [0.2, 0.25) is 0 Å². The Kier molecular flexibility index (Phi) is 15.5. The highest BCUT2D eigenvalue weighted by Crippen LogP contribution is 2.62. The third kappa shape index (κ3) is 10.2. The summed E-state index contributed by atoms with van der Waals surface area (Å²) in [5, 5.41) is 40.8. The molecule has 2 amide bonds. The van der Waals surface area contributed by atoms with Crippen molar-refractivity contribution in [3.8, 4) is 17.2 Å². The first-order chi connectivity index (χ1) is 31.7. The summed E-state index contributed by atoms with van der Waals surface area (Å²) in [5.41, 5.74) is 2.88. The number of fused-ring (bicyclic) bond motifs is 3. The van der Waals surface area contributed by atoms with E-state index in [-0.39, 0.29) is 68.6 Å². The fourth-order valence-electron chi connectivity index (χ4n) is 9.85. The third-order valence-corrected chi connectivity index (χ3v) is 12.6. The second kappa shape index (κ2) is 21.6. The first-order valence-corrected chi connectivity index (χ1v) is 22.5. The minimum absolute atomic E-state index is 0.0187. The number of allylic oxidation sites excluding steroid dienone is 1. The van der Waals surface area contributed by atoms with Gasteiger partial charge >= 0.3 is 12.2 Å². The molecule has 15 heteroatoms. The molecule has 2 aliphatic carbocycles. The summed E-state index contributed by atoms with van der Waals surface area (Å²) in [6.45, 7) is 8.48. The molecule has 1 saturated carbocycles. The van der Waals surface area contributed by atoms with Gasteiger partial charge < -0.3 is 39.3 Å². The average Bonchev–Trinajstić information content (AvgIpc) is 3.31. The number of carbonyl (C=O) groups excluding carboxylic acids is 2. The van der Waals surface area contributed by atoms with Crippen molar-refractivity contribution in [1.82, 2.24) is 10.2 Å². The Morgan fingerprint density at radius 3 is 2.43 bits per heavy atom. The van der Waals surface area contributed by atoms with Crippen molar-refractivity contribution in [2.24, 2.45) is 22.9 Å². The van der Waals surface area contributed by atoms with Crippen molar-refractivity contribution in [2.75, 3.05) is 33.0 Å². The highest BCUT2D eigenvalue weighted by Gasteiger charge is 2.66. The van der Waals surface area contributed by atoms with E-state index in [9.17, 15) is 25.1 Å². The number of nitro benzene ring substituents is 1. The molecule has 3 aliphatic rings. The Labute approximate surface area is 378 Å². The number of hydrogen-bond acceptors (Lipinski definition) is 12. The summed E-state index contributed by atoms with van der Waals surface area (Å²) in [5.74, 6) is -1.82. The molecule has 4 aromatic rings. The fraction of sp³-hybridized carbons (Fsp3) is 0.420. The first-order valence-electron chi connectivity index (χ1n) is 22.5. The van der Waals surface area contributed by atoms with Crippen molar-refractivity contribution < 1.29 is 48.5 Å². The van der Waals surface area contributed by atoms with E-state index >= 15 is 4.79 Å². The number of amides is 2. The zero-order valence-electron chi connectivity index (χ0n) is 36.9. The van der Waals surface area contributed by atoms with Gasteiger partial charge in [0.1, 0.15) is 29.9 Å². The fourth-order valence-corrected chi connectivity index (χ4v) is 9.85. The number of carbonyl (C=O) groups is 2. The number of nitrogens with zero attached hydrogens (tertiary/aromatic N) is 3. The van der Waals surface area contributed by atoms with E-state index in [0.717, 1.165) is 40.3 Å². The van der Waals surface area contributed by atoms with Gasteiger partial charge in [0.2, 0.25) is 5.79 Å². The zero-order chi connectivity index (χ0) is 45.9. The van der Waals surface area contributed by atoms with E-state index < -0.39 is 34.9 Å². The van der Waals surface area contributed by atoms with Crippen LogP contribution in [0.15, 0.2) is 114 Å². The van der Waals surface area contributed by atoms with Crippen LogP contribution in [0.5, 0.6) is 17.2 Å². The van der Waals surface area contributed by atoms with Crippen LogP contribution in [0.3, 0.4) is 0 Å². The van der Waals surface area contributed by atoms with Gasteiger partial charge in [0.15, 0.2) is 0 Å². The SMILES string of the molecule is C=CCOC12Oc3ccc(OC(=O)NCC)cc3C3C(CCCCO)C(CCCCO)C=C(C(=NOCC)CC1N(Cc1cccc4ccccc14)C(=O)Oc1ccc([N+](=O)[O-])cc1)C32. The molecule has 1 fully saturated rings. The van der Waals surface area contributed by atoms with Crippen LogP contribution in [0.1, 0.15) is 75.8 Å². The van der Waals surface area contributed by atoms with Crippen molar-refractivity contribution in [2.45, 2.75) is 83.1 Å². The predicted molar refractivity (Wildman–Crippen MR) is 245 cm³/mol. The number of hydrogen-bond donors (Lipinski definition) is 3. The quantitative estimate of drug-likeness (QED) is 0.0332. The molecule has 344 valence electrons. The van der Waals surface area contributed by atoms with Gasteiger partial charge in [-0.25, -0.2) is 9.59 Å². The number of aliphatic hydroxyl groups is 2. The van der Waals surface area contributed by atoms with E-state index in [0.29, 0.717) is 49.4 Å². The van der Waals surface area contributed by atoms with Crippen LogP contribution in [-0.4, -0.2) is 82.7 Å². The highest BCUT2D eigenvalue weighted by molar-refractivity contribution is 6.03. The lowest BCUT2D eigenvalue weighted by molar-refractivity contribution is -0.384. The number of nitro groups is 1. The molecule has 1 heterocycles. The monoisotopic (exact) mass is 890 g/mol. The third-order valence-electron chi connectivity index (χ3n) is 12.6. The number of ether oxygens (including phenoxy) is 4. The van der Waals surface area contributed by atoms with E-state index in [4.69, 9.17) is 28.9 Å². The van der Waals surface area contributed by atoms with Gasteiger partial charge in [-0.15, -0.1) is 6.58 Å². The minimum Gasteiger partial charge on any atom is -0.459 e. The standard InChI is InChI=1S/C50H58N4O11/c1-4-28-61-50-45(53(32-35-17-13-16-33-14-7-8-18-39(33)35)49(58)64-37-22-20-36(21-23-37)54(59)60)31-43(52-62-6-3)41-29-34(15-9-11-26-55)40(19-10-12-27-56)46(47(41)50)42-30-38(24-25-44(42)65-50)63-48(57)51-5-2/h4,7-8,13-14,16-18,20-25,29-30,34,40,45-47,55-56H,1,5-6,9-12,15,19,26-28,31-32H2,2-3H3,(H,51,57). The Bertz CT molecular complexity index is 2380. The van der Waals surface area contributed by atoms with Crippen LogP contribution >= 0.6 is 0 Å². The van der Waals surface area contributed by atoms with Gasteiger partial charge in [-0.1, -0.05) is 72.6 Å². The summed E-state index contributed by atoms with van der Waals surface area (Å²) >= 11 is 0. The molecular formula is C50H58N4O11. The molecular weight excluding hydrogens is 833 g/mol. The number of aliphatic hydroxyl groups excluding tert-OH is 2. The summed E-state index contributed by atoms with van der Waals surface area (Å²) in [6, 6.07) is 23.5. The molecule has 0 spiro atoms. The lowest BCUT2D eigenvalue weighted by Crippen LogP contribution is -2.70. The predicted octanol–water partition coefficient (Wildman–Crippen LogP) is 9.21. The summed E-state index contributed by atoms with van der Waals surface area (Å²) in [7, 11) is 0. The molecule has 0 aromatic heterocycles. The van der Waals surface area contributed by atoms with E-state index in [2.05, 4.69) is 18.0 Å². The Morgan fingerprint density at radius 2 is 1.71 bits per heavy atom. The van der Waals surface area contributed by atoms with Gasteiger partial charge in [0, 0.05) is 49.8 Å². The Hall–Kier alpha value is -6.29. The van der Waals surface area contributed by atoms with E-state index in [1.54, 1.807) is 30.0 Å². The zero-order valence-corrected chi connectivity index (χ0v) is 36.9. The van der Waals surface area contributed by atoms with Gasteiger partial charge in [-0.2, -0.15) is 0 Å². The largest absolute Gasteiger partial charge is 0.459 e. The van der Waals surface area contributed by atoms with Crippen molar-refractivity contribution in [1.29, 1.82) is 0 Å². The van der Waals surface area contributed by atoms with E-state index in [1.165, 1.54) is 24.3 Å². The molecule has 7 rings (SSSR count). The highest BCUT2D eigenvalue weighted by atomic mass is 16.7. The molecule has 0 saturated heterocycles. The van der Waals surface area contributed by atoms with Gasteiger partial charge in [0.25, 0.3) is 5.69 Å². The molecule has 0 radical (unpaired) electrons. The summed E-state index contributed by atoms with van der Waals surface area (Å²) in [4.78, 5) is 46.5. The second-order valence-electron chi connectivity index (χ2n) is 16.5. The summed E-state index contributed by atoms with van der Waals surface area (Å²) in [6.07, 6.45) is 6.78. The number of rotatable bonds is 20. The number of unbranched alkanes of at least 4 members (excludes halogenated alkanes) is 2. The first kappa shape index (κ1) is 46.7. The maximum Gasteiger partial charge on any atom is 0.416 e. The number of benzene rings is 4. The number of nitrogens with one attached hydrogen (secondary N) is 1. The minimum atomic E-state index is -1.62. The van der Waals surface area contributed by atoms with Crippen molar-refractivity contribution >= 4 is 34.4 Å². The van der Waals surface area contributed by atoms with Crippen LogP contribution in [0, 0.1) is 27.9 Å². The molecule has 6 unspecified atom stereocenters. The maximum atomic E-state index is 15.2. The van der Waals surface area contributed by atoms with Crippen molar-refractivity contribution in [3.63, 3.8) is 0 Å². The molecule has 6 atom stereocenters. The van der Waals surface area contributed by atoms with Gasteiger partial charge in [-0.05, 0) is 104 Å². The number of non-ortho nitro benzene ring substituents is 1. The van der Waals surface area contributed by atoms with Gasteiger partial charge in [0.05, 0.1) is 29.7 Å². The van der Waals surface area contributed by atoms with Crippen LogP contribution < -0.4 is 19.5 Å². The van der Waals surface area contributed by atoms with Crippen LogP contribution in [-0.2, 0) is 16.1 Å². The Balaban J connectivity index is 1.47. The second-order valence-corrected chi connectivity index (χ2v) is 16.5. The smallest absolute Gasteiger partial charge is 0.416 e. The molecule has 4 aromatic carbocycles. The molecule has 0 bridgehead atoms. The lowest BCUT2D eigenvalue weighted by Gasteiger charge is -2.59. The lowest BCUT2D eigenvalue weighted by atomic mass is 9.55. The average molecular weight is 891 g/mol. The van der Waals surface area contributed by atoms with Gasteiger partial charge in [-0.3, -0.25) is 15.0 Å². The maximum absolute atomic E-state index is 15.2. The summed E-state index contributed by atoms with van der Waals surface area (Å²) < 4.78 is 26.4. The normalized spacial score (nSPS) is 22.4.